The minimum Gasteiger partial charge on any atom is -0.493 e. The molecule has 0 aliphatic rings. The molecule has 8 nitrogen and oxygen atoms in total. The largest absolute Gasteiger partial charge is 0.493 e. The van der Waals surface area contributed by atoms with E-state index >= 15 is 0 Å². The predicted molar refractivity (Wildman–Crippen MR) is 125 cm³/mol. The van der Waals surface area contributed by atoms with Crippen molar-refractivity contribution in [2.45, 2.75) is 17.7 Å². The number of anilines is 1. The number of carbonyl (C=O) groups excluding carboxylic acids is 1. The molecule has 2 rings (SSSR count). The summed E-state index contributed by atoms with van der Waals surface area (Å²) in [4.78, 5) is 13.3. The Balaban J connectivity index is 2.15. The van der Waals surface area contributed by atoms with Crippen molar-refractivity contribution in [2.75, 3.05) is 46.9 Å². The summed E-state index contributed by atoms with van der Waals surface area (Å²) in [7, 11) is 4.12. The third-order valence-electron chi connectivity index (χ3n) is 4.76. The summed E-state index contributed by atoms with van der Waals surface area (Å²) in [6, 6.07) is 11.1. The van der Waals surface area contributed by atoms with E-state index in [0.717, 1.165) is 17.7 Å². The fraction of sp³-hybridized carbons (Fsp3) is 0.348. The molecular weight excluding hydrogens is 432 g/mol. The second-order valence-corrected chi connectivity index (χ2v) is 8.91. The molecule has 0 atom stereocenters. The molecule has 0 unspecified atom stereocenters. The van der Waals surface area contributed by atoms with Gasteiger partial charge < -0.3 is 19.1 Å². The summed E-state index contributed by atoms with van der Waals surface area (Å²) < 4.78 is 43.8. The van der Waals surface area contributed by atoms with Gasteiger partial charge in [0.15, 0.2) is 11.5 Å². The van der Waals surface area contributed by atoms with Crippen LogP contribution >= 0.6 is 0 Å². The molecule has 1 N–H and O–H groups in total. The average molecular weight is 463 g/mol. The number of hydrogen-bond acceptors (Lipinski definition) is 7. The summed E-state index contributed by atoms with van der Waals surface area (Å²) in [6.45, 7) is 0.255. The first kappa shape index (κ1) is 25.2. The SMILES string of the molecule is COC(=O)/C=C/c1cc(OC)c(OC)c(S(=O)(=O)NCCCc2ccc(N(C)C)cc2)c1. The van der Waals surface area contributed by atoms with Crippen molar-refractivity contribution in [1.29, 1.82) is 0 Å². The summed E-state index contributed by atoms with van der Waals surface area (Å²) in [5.41, 5.74) is 2.69. The van der Waals surface area contributed by atoms with Crippen LogP contribution in [0.4, 0.5) is 5.69 Å². The number of nitrogens with zero attached hydrogens (tertiary/aromatic N) is 1. The molecule has 0 radical (unpaired) electrons. The third-order valence-corrected chi connectivity index (χ3v) is 6.22. The van der Waals surface area contributed by atoms with Gasteiger partial charge in [-0.3, -0.25) is 0 Å². The van der Waals surface area contributed by atoms with Crippen LogP contribution in [-0.4, -0.2) is 56.4 Å². The monoisotopic (exact) mass is 462 g/mol. The molecule has 0 amide bonds. The Morgan fingerprint density at radius 3 is 2.31 bits per heavy atom. The average Bonchev–Trinajstić information content (AvgIpc) is 2.79. The van der Waals surface area contributed by atoms with Crippen molar-refractivity contribution in [3.8, 4) is 11.5 Å². The topological polar surface area (TPSA) is 94.2 Å². The van der Waals surface area contributed by atoms with Gasteiger partial charge in [-0.05, 0) is 54.3 Å². The zero-order valence-electron chi connectivity index (χ0n) is 19.0. The highest BCUT2D eigenvalue weighted by Gasteiger charge is 2.23. The second kappa shape index (κ2) is 11.5. The van der Waals surface area contributed by atoms with Crippen LogP contribution in [0.2, 0.25) is 0 Å². The Kier molecular flexibility index (Phi) is 9.10. The summed E-state index contributed by atoms with van der Waals surface area (Å²) in [5, 5.41) is 0. The van der Waals surface area contributed by atoms with Crippen molar-refractivity contribution in [3.63, 3.8) is 0 Å². The van der Waals surface area contributed by atoms with Gasteiger partial charge in [0.25, 0.3) is 0 Å². The number of esters is 1. The molecular formula is C23H30N2O6S. The van der Waals surface area contributed by atoms with E-state index in [9.17, 15) is 13.2 Å². The van der Waals surface area contributed by atoms with Crippen LogP contribution in [0, 0.1) is 0 Å². The van der Waals surface area contributed by atoms with Crippen molar-refractivity contribution >= 4 is 27.8 Å². The molecule has 0 spiro atoms. The Bertz CT molecular complexity index is 1050. The molecule has 32 heavy (non-hydrogen) atoms. The maximum absolute atomic E-state index is 13.0. The van der Waals surface area contributed by atoms with Gasteiger partial charge in [0, 0.05) is 32.4 Å². The molecule has 174 valence electrons. The molecule has 0 bridgehead atoms. The first-order chi connectivity index (χ1) is 15.2. The van der Waals surface area contributed by atoms with E-state index < -0.39 is 16.0 Å². The van der Waals surface area contributed by atoms with Gasteiger partial charge in [-0.25, -0.2) is 17.9 Å². The Morgan fingerprint density at radius 1 is 1.06 bits per heavy atom. The van der Waals surface area contributed by atoms with Crippen LogP contribution in [0.5, 0.6) is 11.5 Å². The van der Waals surface area contributed by atoms with Gasteiger partial charge in [-0.2, -0.15) is 0 Å². The Morgan fingerprint density at radius 2 is 1.75 bits per heavy atom. The third kappa shape index (κ3) is 6.73. The van der Waals surface area contributed by atoms with Crippen molar-refractivity contribution < 1.29 is 27.4 Å². The molecule has 0 fully saturated rings. The molecule has 0 aliphatic heterocycles. The lowest BCUT2D eigenvalue weighted by Crippen LogP contribution is -2.25. The summed E-state index contributed by atoms with van der Waals surface area (Å²) >= 11 is 0. The first-order valence-electron chi connectivity index (χ1n) is 9.99. The van der Waals surface area contributed by atoms with Gasteiger partial charge in [0.2, 0.25) is 10.0 Å². The van der Waals surface area contributed by atoms with Gasteiger partial charge in [0.1, 0.15) is 4.90 Å². The number of methoxy groups -OCH3 is 3. The van der Waals surface area contributed by atoms with E-state index in [1.165, 1.54) is 39.5 Å². The molecule has 0 aromatic heterocycles. The Labute approximate surface area is 189 Å². The highest BCUT2D eigenvalue weighted by Crippen LogP contribution is 2.36. The van der Waals surface area contributed by atoms with Gasteiger partial charge >= 0.3 is 5.97 Å². The molecule has 2 aromatic carbocycles. The highest BCUT2D eigenvalue weighted by atomic mass is 32.2. The van der Waals surface area contributed by atoms with Crippen LogP contribution in [0.1, 0.15) is 17.5 Å². The van der Waals surface area contributed by atoms with E-state index in [-0.39, 0.29) is 22.9 Å². The Hall–Kier alpha value is -3.04. The van der Waals surface area contributed by atoms with Crippen LogP contribution in [0.3, 0.4) is 0 Å². The predicted octanol–water partition coefficient (Wildman–Crippen LogP) is 2.87. The quantitative estimate of drug-likeness (QED) is 0.312. The normalized spacial score (nSPS) is 11.4. The van der Waals surface area contributed by atoms with Crippen LogP contribution in [0.15, 0.2) is 47.4 Å². The highest BCUT2D eigenvalue weighted by molar-refractivity contribution is 7.89. The molecule has 0 aliphatic carbocycles. The molecule has 9 heteroatoms. The van der Waals surface area contributed by atoms with Gasteiger partial charge in [-0.15, -0.1) is 0 Å². The van der Waals surface area contributed by atoms with Crippen molar-refractivity contribution in [1.82, 2.24) is 4.72 Å². The minimum absolute atomic E-state index is 0.0702. The van der Waals surface area contributed by atoms with E-state index in [1.807, 2.05) is 43.3 Å². The summed E-state index contributed by atoms with van der Waals surface area (Å²) in [5.74, 6) is -0.226. The molecule has 0 saturated carbocycles. The molecule has 0 saturated heterocycles. The van der Waals surface area contributed by atoms with E-state index in [2.05, 4.69) is 9.46 Å². The lowest BCUT2D eigenvalue weighted by Gasteiger charge is -2.15. The second-order valence-electron chi connectivity index (χ2n) is 7.17. The standard InChI is InChI=1S/C23H30N2O6S/c1-25(2)19-11-8-17(9-12-19)7-6-14-24-32(27,28)21-16-18(10-13-22(26)30-4)15-20(29-3)23(21)31-5/h8-13,15-16,24H,6-7,14H2,1-5H3/b13-10+. The first-order valence-corrected chi connectivity index (χ1v) is 11.5. The lowest BCUT2D eigenvalue weighted by molar-refractivity contribution is -0.134. The van der Waals surface area contributed by atoms with Gasteiger partial charge in [-0.1, -0.05) is 12.1 Å². The molecule has 2 aromatic rings. The van der Waals surface area contributed by atoms with E-state index in [1.54, 1.807) is 6.07 Å². The van der Waals surface area contributed by atoms with Crippen molar-refractivity contribution in [3.05, 3.63) is 53.6 Å². The number of aryl methyl sites for hydroxylation is 1. The van der Waals surface area contributed by atoms with Gasteiger partial charge in [0.05, 0.1) is 21.3 Å². The number of rotatable bonds is 11. The number of carbonyl (C=O) groups is 1. The number of ether oxygens (including phenoxy) is 3. The zero-order valence-corrected chi connectivity index (χ0v) is 19.9. The minimum atomic E-state index is -3.89. The molecule has 0 heterocycles. The zero-order chi connectivity index (χ0) is 23.7. The van der Waals surface area contributed by atoms with Crippen LogP contribution in [-0.2, 0) is 26.0 Å². The number of hydrogen-bond donors (Lipinski definition) is 1. The fourth-order valence-electron chi connectivity index (χ4n) is 3.02. The number of nitrogens with one attached hydrogen (secondary N) is 1. The maximum atomic E-state index is 13.0. The lowest BCUT2D eigenvalue weighted by atomic mass is 10.1. The fourth-order valence-corrected chi connectivity index (χ4v) is 4.30. The van der Waals surface area contributed by atoms with Crippen LogP contribution in [0.25, 0.3) is 6.08 Å². The maximum Gasteiger partial charge on any atom is 0.330 e. The van der Waals surface area contributed by atoms with Crippen molar-refractivity contribution in [2.24, 2.45) is 0 Å². The number of benzene rings is 2. The van der Waals surface area contributed by atoms with E-state index in [4.69, 9.17) is 9.47 Å². The van der Waals surface area contributed by atoms with E-state index in [0.29, 0.717) is 12.0 Å². The smallest absolute Gasteiger partial charge is 0.330 e. The summed E-state index contributed by atoms with van der Waals surface area (Å²) in [6.07, 6.45) is 4.01. The van der Waals surface area contributed by atoms with Crippen LogP contribution < -0.4 is 19.1 Å². The number of sulfonamides is 1.